The number of pyridine rings is 1. The van der Waals surface area contributed by atoms with Crippen molar-refractivity contribution in [2.45, 2.75) is 6.18 Å². The fourth-order valence-electron chi connectivity index (χ4n) is 1.51. The highest BCUT2D eigenvalue weighted by molar-refractivity contribution is 6.31. The molecule has 20 heavy (non-hydrogen) atoms. The van der Waals surface area contributed by atoms with Crippen LogP contribution in [0.2, 0.25) is 10.2 Å². The van der Waals surface area contributed by atoms with E-state index < -0.39 is 11.7 Å². The van der Waals surface area contributed by atoms with E-state index >= 15 is 0 Å². The van der Waals surface area contributed by atoms with Crippen molar-refractivity contribution in [2.24, 2.45) is 0 Å². The summed E-state index contributed by atoms with van der Waals surface area (Å²) < 4.78 is 38.0. The van der Waals surface area contributed by atoms with E-state index in [0.29, 0.717) is 0 Å². The van der Waals surface area contributed by atoms with Gasteiger partial charge in [-0.3, -0.25) is 0 Å². The van der Waals surface area contributed by atoms with Crippen molar-refractivity contribution in [2.75, 3.05) is 11.1 Å². The predicted molar refractivity (Wildman–Crippen MR) is 73.4 cm³/mol. The third-order valence-electron chi connectivity index (χ3n) is 2.38. The van der Waals surface area contributed by atoms with Gasteiger partial charge < -0.3 is 11.1 Å². The topological polar surface area (TPSA) is 50.9 Å². The van der Waals surface area contributed by atoms with Gasteiger partial charge in [0.1, 0.15) is 5.15 Å². The maximum absolute atomic E-state index is 12.7. The van der Waals surface area contributed by atoms with Gasteiger partial charge in [0.2, 0.25) is 0 Å². The Kier molecular flexibility index (Phi) is 3.96. The number of benzene rings is 1. The first-order valence-corrected chi connectivity index (χ1v) is 6.08. The lowest BCUT2D eigenvalue weighted by atomic mass is 10.2. The second-order valence-corrected chi connectivity index (χ2v) is 4.75. The number of rotatable bonds is 2. The van der Waals surface area contributed by atoms with Crippen molar-refractivity contribution in [3.63, 3.8) is 0 Å². The van der Waals surface area contributed by atoms with Gasteiger partial charge in [-0.1, -0.05) is 23.2 Å². The molecule has 0 saturated carbocycles. The van der Waals surface area contributed by atoms with E-state index in [9.17, 15) is 13.2 Å². The molecular formula is C12H8Cl2F3N3. The van der Waals surface area contributed by atoms with E-state index in [-0.39, 0.29) is 27.4 Å². The van der Waals surface area contributed by atoms with Crippen LogP contribution in [0, 0.1) is 0 Å². The maximum atomic E-state index is 12.7. The van der Waals surface area contributed by atoms with Crippen LogP contribution >= 0.6 is 23.2 Å². The summed E-state index contributed by atoms with van der Waals surface area (Å²) in [5, 5.41) is 2.77. The molecule has 0 fully saturated rings. The van der Waals surface area contributed by atoms with E-state index in [1.54, 1.807) is 0 Å². The van der Waals surface area contributed by atoms with Crippen LogP contribution in [0.15, 0.2) is 30.3 Å². The maximum Gasteiger partial charge on any atom is 0.416 e. The first-order chi connectivity index (χ1) is 9.25. The van der Waals surface area contributed by atoms with Crippen molar-refractivity contribution in [3.8, 4) is 0 Å². The van der Waals surface area contributed by atoms with Crippen LogP contribution in [0.25, 0.3) is 0 Å². The van der Waals surface area contributed by atoms with Crippen LogP contribution in [-0.4, -0.2) is 4.98 Å². The number of nitrogens with one attached hydrogen (secondary N) is 1. The monoisotopic (exact) mass is 321 g/mol. The summed E-state index contributed by atoms with van der Waals surface area (Å²) in [5.74, 6) is 0.160. The molecule has 0 amide bonds. The molecule has 0 saturated heterocycles. The Morgan fingerprint density at radius 2 is 1.80 bits per heavy atom. The van der Waals surface area contributed by atoms with Crippen molar-refractivity contribution < 1.29 is 13.2 Å². The first kappa shape index (κ1) is 14.7. The molecule has 2 aromatic rings. The Labute approximate surface area is 122 Å². The Balaban J connectivity index is 2.39. The summed E-state index contributed by atoms with van der Waals surface area (Å²) >= 11 is 11.4. The highest BCUT2D eigenvalue weighted by Crippen LogP contribution is 2.34. The number of nitrogen functional groups attached to an aromatic ring is 1. The van der Waals surface area contributed by atoms with E-state index in [1.165, 1.54) is 18.2 Å². The molecule has 1 aromatic heterocycles. The third kappa shape index (κ3) is 3.46. The molecule has 3 nitrogen and oxygen atoms in total. The normalized spacial score (nSPS) is 11.4. The van der Waals surface area contributed by atoms with Crippen molar-refractivity contribution in [1.82, 2.24) is 4.98 Å². The molecule has 3 N–H and O–H groups in total. The molecule has 1 heterocycles. The number of aromatic nitrogens is 1. The van der Waals surface area contributed by atoms with E-state index in [4.69, 9.17) is 28.9 Å². The van der Waals surface area contributed by atoms with Crippen LogP contribution in [0.4, 0.5) is 30.4 Å². The highest BCUT2D eigenvalue weighted by atomic mass is 35.5. The van der Waals surface area contributed by atoms with Crippen LogP contribution in [0.5, 0.6) is 0 Å². The van der Waals surface area contributed by atoms with Gasteiger partial charge in [0, 0.05) is 10.7 Å². The number of hydrogen-bond acceptors (Lipinski definition) is 3. The van der Waals surface area contributed by atoms with E-state index in [2.05, 4.69) is 10.3 Å². The van der Waals surface area contributed by atoms with Crippen molar-refractivity contribution in [1.29, 1.82) is 0 Å². The summed E-state index contributed by atoms with van der Waals surface area (Å²) in [5.41, 5.74) is 5.16. The minimum absolute atomic E-state index is 0.0528. The Morgan fingerprint density at radius 3 is 2.45 bits per heavy atom. The van der Waals surface area contributed by atoms with E-state index in [1.807, 2.05) is 0 Å². The number of nitrogens with two attached hydrogens (primary N) is 1. The van der Waals surface area contributed by atoms with Crippen molar-refractivity contribution in [3.05, 3.63) is 46.1 Å². The summed E-state index contributed by atoms with van der Waals surface area (Å²) in [7, 11) is 0. The molecule has 0 aliphatic carbocycles. The first-order valence-electron chi connectivity index (χ1n) is 5.32. The van der Waals surface area contributed by atoms with Gasteiger partial charge in [-0.2, -0.15) is 13.2 Å². The molecule has 0 radical (unpaired) electrons. The highest BCUT2D eigenvalue weighted by Gasteiger charge is 2.31. The zero-order valence-corrected chi connectivity index (χ0v) is 11.3. The second kappa shape index (κ2) is 5.38. The molecule has 0 spiro atoms. The average Bonchev–Trinajstić information content (AvgIpc) is 2.32. The lowest BCUT2D eigenvalue weighted by Gasteiger charge is -2.12. The summed E-state index contributed by atoms with van der Waals surface area (Å²) in [6.45, 7) is 0. The molecule has 0 unspecified atom stereocenters. The number of halogens is 5. The van der Waals surface area contributed by atoms with Crippen LogP contribution < -0.4 is 11.1 Å². The fraction of sp³-hybridized carbons (Fsp3) is 0.0833. The fourth-order valence-corrected chi connectivity index (χ4v) is 1.89. The standard InChI is InChI=1S/C12H8Cl2F3N3/c13-7-3-6(12(15,16)17)4-8(5-7)19-11-9(18)1-2-10(14)20-11/h1-5H,18H2,(H,19,20). The Hall–Kier alpha value is -1.66. The van der Waals surface area contributed by atoms with Gasteiger partial charge in [0.25, 0.3) is 0 Å². The second-order valence-electron chi connectivity index (χ2n) is 3.92. The van der Waals surface area contributed by atoms with Gasteiger partial charge in [0.15, 0.2) is 5.82 Å². The lowest BCUT2D eigenvalue weighted by molar-refractivity contribution is -0.137. The van der Waals surface area contributed by atoms with Gasteiger partial charge in [-0.05, 0) is 30.3 Å². The zero-order valence-electron chi connectivity index (χ0n) is 9.80. The lowest BCUT2D eigenvalue weighted by Crippen LogP contribution is -2.06. The molecule has 106 valence electrons. The molecule has 0 bridgehead atoms. The number of nitrogens with zero attached hydrogens (tertiary/aromatic N) is 1. The van der Waals surface area contributed by atoms with Crippen LogP contribution in [-0.2, 0) is 6.18 Å². The van der Waals surface area contributed by atoms with E-state index in [0.717, 1.165) is 12.1 Å². The smallest absolute Gasteiger partial charge is 0.396 e. The Bertz CT molecular complexity index is 644. The van der Waals surface area contributed by atoms with Crippen LogP contribution in [0.1, 0.15) is 5.56 Å². The minimum atomic E-state index is -4.49. The largest absolute Gasteiger partial charge is 0.416 e. The molecule has 0 atom stereocenters. The number of hydrogen-bond donors (Lipinski definition) is 2. The zero-order chi connectivity index (χ0) is 14.9. The van der Waals surface area contributed by atoms with Gasteiger partial charge in [0.05, 0.1) is 11.3 Å². The minimum Gasteiger partial charge on any atom is -0.396 e. The van der Waals surface area contributed by atoms with Crippen LogP contribution in [0.3, 0.4) is 0 Å². The number of alkyl halides is 3. The molecular weight excluding hydrogens is 314 g/mol. The van der Waals surface area contributed by atoms with Gasteiger partial charge in [-0.25, -0.2) is 4.98 Å². The molecule has 0 aliphatic rings. The predicted octanol–water partition coefficient (Wildman–Crippen LogP) is 4.73. The summed E-state index contributed by atoms with van der Waals surface area (Å²) in [6, 6.07) is 6.04. The summed E-state index contributed by atoms with van der Waals surface area (Å²) in [6.07, 6.45) is -4.49. The molecule has 0 aliphatic heterocycles. The van der Waals surface area contributed by atoms with Gasteiger partial charge in [-0.15, -0.1) is 0 Å². The molecule has 2 rings (SSSR count). The summed E-state index contributed by atoms with van der Waals surface area (Å²) in [4.78, 5) is 3.89. The third-order valence-corrected chi connectivity index (χ3v) is 2.81. The quantitative estimate of drug-likeness (QED) is 0.786. The SMILES string of the molecule is Nc1ccc(Cl)nc1Nc1cc(Cl)cc(C(F)(F)F)c1. The van der Waals surface area contributed by atoms with Gasteiger partial charge >= 0.3 is 6.18 Å². The van der Waals surface area contributed by atoms with Crippen molar-refractivity contribution >= 4 is 40.4 Å². The average molecular weight is 322 g/mol. The Morgan fingerprint density at radius 1 is 1.10 bits per heavy atom. The number of anilines is 3. The molecule has 8 heteroatoms. The molecule has 1 aromatic carbocycles.